The maximum absolute atomic E-state index is 2.51. The molecule has 0 unspecified atom stereocenters. The zero-order valence-corrected chi connectivity index (χ0v) is 11.9. The minimum atomic E-state index is 0.888. The summed E-state index contributed by atoms with van der Waals surface area (Å²) in [6, 6.07) is 0. The van der Waals surface area contributed by atoms with E-state index in [1.807, 2.05) is 0 Å². The molecule has 0 heteroatoms. The molecule has 0 fully saturated rings. The SMILES string of the molecule is CCCCCCCC[CH]CCCCC(C)C. The van der Waals surface area contributed by atoms with E-state index in [0.29, 0.717) is 0 Å². The Kier molecular flexibility index (Phi) is 13.1. The molecule has 0 atom stereocenters. The van der Waals surface area contributed by atoms with Gasteiger partial charge in [0.15, 0.2) is 0 Å². The van der Waals surface area contributed by atoms with Crippen molar-refractivity contribution >= 4 is 0 Å². The van der Waals surface area contributed by atoms with Crippen molar-refractivity contribution in [2.75, 3.05) is 0 Å². The van der Waals surface area contributed by atoms with Gasteiger partial charge in [-0.15, -0.1) is 0 Å². The minimum absolute atomic E-state index is 0.888. The van der Waals surface area contributed by atoms with Crippen molar-refractivity contribution in [2.45, 2.75) is 91.4 Å². The van der Waals surface area contributed by atoms with Crippen molar-refractivity contribution in [3.05, 3.63) is 6.42 Å². The molecule has 0 aliphatic rings. The Bertz CT molecular complexity index is 115. The highest BCUT2D eigenvalue weighted by molar-refractivity contribution is 4.64. The Hall–Kier alpha value is 0. The number of rotatable bonds is 12. The van der Waals surface area contributed by atoms with Crippen LogP contribution >= 0.6 is 0 Å². The van der Waals surface area contributed by atoms with Gasteiger partial charge in [-0.25, -0.2) is 0 Å². The molecule has 0 aliphatic heterocycles. The Labute approximate surface area is 104 Å². The second-order valence-corrected chi connectivity index (χ2v) is 5.52. The van der Waals surface area contributed by atoms with E-state index in [1.165, 1.54) is 70.6 Å². The molecule has 0 aromatic carbocycles. The molecule has 0 aromatic rings. The van der Waals surface area contributed by atoms with Crippen LogP contribution in [-0.4, -0.2) is 0 Å². The van der Waals surface area contributed by atoms with Crippen LogP contribution in [0.2, 0.25) is 0 Å². The molecule has 0 spiro atoms. The molecular formula is C16H33. The first-order valence-corrected chi connectivity index (χ1v) is 7.59. The monoisotopic (exact) mass is 225 g/mol. The third kappa shape index (κ3) is 14.0. The van der Waals surface area contributed by atoms with Gasteiger partial charge < -0.3 is 0 Å². The van der Waals surface area contributed by atoms with Gasteiger partial charge in [-0.3, -0.25) is 0 Å². The lowest BCUT2D eigenvalue weighted by atomic mass is 10.0. The van der Waals surface area contributed by atoms with Crippen LogP contribution in [0.15, 0.2) is 0 Å². The van der Waals surface area contributed by atoms with E-state index < -0.39 is 0 Å². The van der Waals surface area contributed by atoms with Crippen LogP contribution in [0, 0.1) is 12.3 Å². The summed E-state index contributed by atoms with van der Waals surface area (Å²) in [4.78, 5) is 0. The van der Waals surface area contributed by atoms with Crippen LogP contribution in [0.25, 0.3) is 0 Å². The predicted molar refractivity (Wildman–Crippen MR) is 75.6 cm³/mol. The van der Waals surface area contributed by atoms with Gasteiger partial charge in [-0.05, 0) is 12.3 Å². The lowest BCUT2D eigenvalue weighted by Crippen LogP contribution is -1.87. The predicted octanol–water partition coefficient (Wildman–Crippen LogP) is 6.16. The van der Waals surface area contributed by atoms with E-state index in [-0.39, 0.29) is 0 Å². The minimum Gasteiger partial charge on any atom is -0.0654 e. The van der Waals surface area contributed by atoms with E-state index in [9.17, 15) is 0 Å². The summed E-state index contributed by atoms with van der Waals surface area (Å²) in [6.45, 7) is 6.92. The lowest BCUT2D eigenvalue weighted by molar-refractivity contribution is 0.531. The summed E-state index contributed by atoms with van der Waals surface area (Å²) in [5.74, 6) is 0.888. The van der Waals surface area contributed by atoms with Crippen LogP contribution in [-0.2, 0) is 0 Å². The summed E-state index contributed by atoms with van der Waals surface area (Å²) in [7, 11) is 0. The summed E-state index contributed by atoms with van der Waals surface area (Å²) < 4.78 is 0. The molecule has 0 saturated carbocycles. The smallest absolute Gasteiger partial charge is 0.0386 e. The molecule has 97 valence electrons. The molecule has 1 radical (unpaired) electrons. The highest BCUT2D eigenvalue weighted by Crippen LogP contribution is 2.12. The van der Waals surface area contributed by atoms with Crippen LogP contribution < -0.4 is 0 Å². The van der Waals surface area contributed by atoms with E-state index in [2.05, 4.69) is 27.2 Å². The largest absolute Gasteiger partial charge is 0.0654 e. The average Bonchev–Trinajstić information content (AvgIpc) is 2.25. The molecular weight excluding hydrogens is 192 g/mol. The van der Waals surface area contributed by atoms with E-state index >= 15 is 0 Å². The second-order valence-electron chi connectivity index (χ2n) is 5.52. The van der Waals surface area contributed by atoms with Crippen molar-refractivity contribution in [1.82, 2.24) is 0 Å². The molecule has 0 amide bonds. The standard InChI is InChI=1S/C16H33/c1-4-5-6-7-8-9-10-11-12-13-14-15-16(2)3/h11,16H,4-10,12-15H2,1-3H3. The molecule has 0 saturated heterocycles. The summed E-state index contributed by atoms with van der Waals surface area (Å²) in [5, 5.41) is 0. The van der Waals surface area contributed by atoms with Gasteiger partial charge in [0.2, 0.25) is 0 Å². The average molecular weight is 225 g/mol. The topological polar surface area (TPSA) is 0 Å². The maximum atomic E-state index is 2.51. The van der Waals surface area contributed by atoms with E-state index in [0.717, 1.165) is 5.92 Å². The highest BCUT2D eigenvalue weighted by atomic mass is 14.0. The summed E-state index contributed by atoms with van der Waals surface area (Å²) >= 11 is 0. The van der Waals surface area contributed by atoms with Crippen LogP contribution in [0.4, 0.5) is 0 Å². The van der Waals surface area contributed by atoms with Crippen molar-refractivity contribution in [1.29, 1.82) is 0 Å². The second kappa shape index (κ2) is 13.1. The third-order valence-electron chi connectivity index (χ3n) is 3.20. The fourth-order valence-corrected chi connectivity index (χ4v) is 2.05. The molecule has 0 aliphatic carbocycles. The highest BCUT2D eigenvalue weighted by Gasteiger charge is 1.95. The lowest BCUT2D eigenvalue weighted by Gasteiger charge is -2.04. The Morgan fingerprint density at radius 3 is 1.94 bits per heavy atom. The Balaban J connectivity index is 2.88. The van der Waals surface area contributed by atoms with E-state index in [4.69, 9.17) is 0 Å². The molecule has 0 rings (SSSR count). The van der Waals surface area contributed by atoms with Gasteiger partial charge in [-0.2, -0.15) is 0 Å². The zero-order chi connectivity index (χ0) is 12.1. The first-order chi connectivity index (χ1) is 7.77. The molecule has 0 nitrogen and oxygen atoms in total. The van der Waals surface area contributed by atoms with Crippen LogP contribution in [0.1, 0.15) is 91.4 Å². The maximum Gasteiger partial charge on any atom is -0.0386 e. The van der Waals surface area contributed by atoms with Gasteiger partial charge in [0.1, 0.15) is 0 Å². The Morgan fingerprint density at radius 1 is 0.750 bits per heavy atom. The molecule has 0 bridgehead atoms. The molecule has 16 heavy (non-hydrogen) atoms. The van der Waals surface area contributed by atoms with Crippen molar-refractivity contribution < 1.29 is 0 Å². The van der Waals surface area contributed by atoms with Gasteiger partial charge >= 0.3 is 0 Å². The van der Waals surface area contributed by atoms with Gasteiger partial charge in [0.05, 0.1) is 0 Å². The van der Waals surface area contributed by atoms with Crippen molar-refractivity contribution in [3.63, 3.8) is 0 Å². The van der Waals surface area contributed by atoms with E-state index in [1.54, 1.807) is 0 Å². The molecule has 0 aromatic heterocycles. The zero-order valence-electron chi connectivity index (χ0n) is 11.9. The fourth-order valence-electron chi connectivity index (χ4n) is 2.05. The van der Waals surface area contributed by atoms with Gasteiger partial charge in [-0.1, -0.05) is 91.4 Å². The number of hydrogen-bond donors (Lipinski definition) is 0. The molecule has 0 heterocycles. The first kappa shape index (κ1) is 16.0. The van der Waals surface area contributed by atoms with Gasteiger partial charge in [0.25, 0.3) is 0 Å². The van der Waals surface area contributed by atoms with Crippen LogP contribution in [0.5, 0.6) is 0 Å². The fraction of sp³-hybridized carbons (Fsp3) is 0.938. The molecule has 0 N–H and O–H groups in total. The Morgan fingerprint density at radius 2 is 1.31 bits per heavy atom. The third-order valence-corrected chi connectivity index (χ3v) is 3.20. The normalized spacial score (nSPS) is 11.2. The number of unbranched alkanes of at least 4 members (excludes halogenated alkanes) is 10. The quantitative estimate of drug-likeness (QED) is 0.349. The van der Waals surface area contributed by atoms with Crippen LogP contribution in [0.3, 0.4) is 0 Å². The first-order valence-electron chi connectivity index (χ1n) is 7.59. The number of hydrogen-bond acceptors (Lipinski definition) is 0. The van der Waals surface area contributed by atoms with Crippen molar-refractivity contribution in [2.24, 2.45) is 5.92 Å². The van der Waals surface area contributed by atoms with Gasteiger partial charge in [0, 0.05) is 0 Å². The van der Waals surface area contributed by atoms with Crippen molar-refractivity contribution in [3.8, 4) is 0 Å². The summed E-state index contributed by atoms with van der Waals surface area (Å²) in [6.07, 6.45) is 18.0. The summed E-state index contributed by atoms with van der Waals surface area (Å²) in [5.41, 5.74) is 0.